The topological polar surface area (TPSA) is 79.3 Å². The molecule has 0 aliphatic rings. The maximum absolute atomic E-state index is 11.9. The van der Waals surface area contributed by atoms with Crippen LogP contribution in [0.5, 0.6) is 0 Å². The largest absolute Gasteiger partial charge is 0.476 e. The molecule has 1 aromatic heterocycles. The van der Waals surface area contributed by atoms with Crippen LogP contribution < -0.4 is 5.32 Å². The van der Waals surface area contributed by atoms with Crippen LogP contribution in [-0.4, -0.2) is 22.0 Å². The van der Waals surface area contributed by atoms with E-state index in [4.69, 9.17) is 5.11 Å². The normalized spacial score (nSPS) is 10.6. The van der Waals surface area contributed by atoms with Gasteiger partial charge in [0.25, 0.3) is 0 Å². The molecule has 0 saturated heterocycles. The number of nitrogens with zero attached hydrogens (tertiary/aromatic N) is 1. The molecule has 0 fully saturated rings. The monoisotopic (exact) mass is 296 g/mol. The van der Waals surface area contributed by atoms with Crippen LogP contribution in [0.4, 0.5) is 5.69 Å². The van der Waals surface area contributed by atoms with Crippen molar-refractivity contribution < 1.29 is 14.7 Å². The number of aryl methyl sites for hydroxylation is 2. The van der Waals surface area contributed by atoms with E-state index < -0.39 is 11.9 Å². The molecule has 0 bridgehead atoms. The van der Waals surface area contributed by atoms with E-state index in [1.807, 2.05) is 32.0 Å². The van der Waals surface area contributed by atoms with Crippen LogP contribution in [0.1, 0.15) is 27.2 Å². The van der Waals surface area contributed by atoms with Crippen LogP contribution in [0.3, 0.4) is 0 Å². The molecular weight excluding hydrogens is 280 g/mol. The van der Waals surface area contributed by atoms with E-state index >= 15 is 0 Å². The van der Waals surface area contributed by atoms with E-state index in [1.165, 1.54) is 23.9 Å². The summed E-state index contributed by atoms with van der Waals surface area (Å²) < 4.78 is 0. The summed E-state index contributed by atoms with van der Waals surface area (Å²) in [7, 11) is 0. The van der Waals surface area contributed by atoms with Gasteiger partial charge >= 0.3 is 5.97 Å². The number of amides is 1. The van der Waals surface area contributed by atoms with Gasteiger partial charge < -0.3 is 10.4 Å². The van der Waals surface area contributed by atoms with E-state index in [-0.39, 0.29) is 11.4 Å². The van der Waals surface area contributed by atoms with Crippen LogP contribution in [0, 0.1) is 13.8 Å². The van der Waals surface area contributed by atoms with Gasteiger partial charge in [-0.05, 0) is 48.7 Å². The van der Waals surface area contributed by atoms with Crippen LogP contribution >= 0.6 is 0 Å². The Kier molecular flexibility index (Phi) is 4.68. The average Bonchev–Trinajstić information content (AvgIpc) is 2.49. The van der Waals surface area contributed by atoms with Crippen LogP contribution in [-0.2, 0) is 4.79 Å². The zero-order valence-corrected chi connectivity index (χ0v) is 12.3. The second-order valence-electron chi connectivity index (χ2n) is 4.87. The number of rotatable bonds is 4. The fourth-order valence-corrected chi connectivity index (χ4v) is 1.89. The number of hydrogen-bond donors (Lipinski definition) is 2. The first kappa shape index (κ1) is 15.4. The fraction of sp³-hybridized carbons (Fsp3) is 0.118. The lowest BCUT2D eigenvalue weighted by Crippen LogP contribution is -2.13. The van der Waals surface area contributed by atoms with E-state index in [0.29, 0.717) is 0 Å². The molecule has 0 saturated carbocycles. The molecule has 0 radical (unpaired) electrons. The Morgan fingerprint density at radius 1 is 1.18 bits per heavy atom. The highest BCUT2D eigenvalue weighted by atomic mass is 16.4. The van der Waals surface area contributed by atoms with Crippen LogP contribution in [0.15, 0.2) is 42.6 Å². The lowest BCUT2D eigenvalue weighted by Gasteiger charge is -2.05. The number of carboxylic acid groups (broad SMARTS) is 1. The third-order valence-corrected chi connectivity index (χ3v) is 3.23. The van der Waals surface area contributed by atoms with Crippen molar-refractivity contribution in [2.45, 2.75) is 13.8 Å². The molecule has 1 amide bonds. The molecule has 5 heteroatoms. The van der Waals surface area contributed by atoms with Gasteiger partial charge in [0.1, 0.15) is 0 Å². The molecule has 0 aliphatic carbocycles. The van der Waals surface area contributed by atoms with Crippen molar-refractivity contribution in [2.75, 3.05) is 5.32 Å². The molecule has 22 heavy (non-hydrogen) atoms. The van der Waals surface area contributed by atoms with Gasteiger partial charge in [0.15, 0.2) is 5.69 Å². The molecular formula is C17H16N2O3. The number of carboxylic acids is 1. The molecule has 1 heterocycles. The third-order valence-electron chi connectivity index (χ3n) is 3.23. The summed E-state index contributed by atoms with van der Waals surface area (Å²) in [5.74, 6) is -1.59. The molecule has 0 spiro atoms. The highest BCUT2D eigenvalue weighted by Gasteiger charge is 2.11. The van der Waals surface area contributed by atoms with E-state index in [2.05, 4.69) is 10.3 Å². The molecule has 1 aromatic carbocycles. The lowest BCUT2D eigenvalue weighted by molar-refractivity contribution is -0.111. The Morgan fingerprint density at radius 3 is 2.64 bits per heavy atom. The first-order valence-electron chi connectivity index (χ1n) is 6.72. The van der Waals surface area contributed by atoms with Crippen molar-refractivity contribution in [3.05, 3.63) is 65.0 Å². The molecule has 0 aliphatic heterocycles. The molecule has 2 N–H and O–H groups in total. The van der Waals surface area contributed by atoms with E-state index in [1.54, 1.807) is 12.1 Å². The lowest BCUT2D eigenvalue weighted by atomic mass is 10.1. The number of carbonyl (C=O) groups excluding carboxylic acids is 1. The summed E-state index contributed by atoms with van der Waals surface area (Å²) in [5, 5.41) is 11.5. The first-order valence-corrected chi connectivity index (χ1v) is 6.72. The smallest absolute Gasteiger partial charge is 0.356 e. The Balaban J connectivity index is 2.11. The number of benzene rings is 1. The van der Waals surface area contributed by atoms with Crippen LogP contribution in [0.2, 0.25) is 0 Å². The number of aromatic nitrogens is 1. The Labute approximate surface area is 128 Å². The molecule has 0 atom stereocenters. The standard InChI is InChI=1S/C17H16N2O3/c1-11-5-6-13(10-12(11)2)7-8-15(20)19-14-4-3-9-18-16(14)17(21)22/h3-10H,1-2H3,(H,19,20)(H,21,22)/b8-7+. The van der Waals surface area contributed by atoms with Gasteiger partial charge in [0.2, 0.25) is 5.91 Å². The summed E-state index contributed by atoms with van der Waals surface area (Å²) in [6.45, 7) is 4.02. The van der Waals surface area contributed by atoms with E-state index in [9.17, 15) is 9.59 Å². The summed E-state index contributed by atoms with van der Waals surface area (Å²) in [6.07, 6.45) is 4.41. The first-order chi connectivity index (χ1) is 10.5. The maximum Gasteiger partial charge on any atom is 0.356 e. The highest BCUT2D eigenvalue weighted by molar-refractivity contribution is 6.05. The molecule has 2 rings (SSSR count). The molecule has 5 nitrogen and oxygen atoms in total. The second-order valence-corrected chi connectivity index (χ2v) is 4.87. The summed E-state index contributed by atoms with van der Waals surface area (Å²) in [4.78, 5) is 26.6. The quantitative estimate of drug-likeness (QED) is 0.850. The van der Waals surface area contributed by atoms with Crippen molar-refractivity contribution in [2.24, 2.45) is 0 Å². The number of nitrogens with one attached hydrogen (secondary N) is 1. The van der Waals surface area contributed by atoms with E-state index in [0.717, 1.165) is 11.1 Å². The maximum atomic E-state index is 11.9. The number of aromatic carboxylic acids is 1. The van der Waals surface area contributed by atoms with Crippen molar-refractivity contribution in [1.82, 2.24) is 4.98 Å². The number of pyridine rings is 1. The second kappa shape index (κ2) is 6.67. The van der Waals surface area contributed by atoms with Crippen LogP contribution in [0.25, 0.3) is 6.08 Å². The van der Waals surface area contributed by atoms with Crippen molar-refractivity contribution in [1.29, 1.82) is 0 Å². The zero-order chi connectivity index (χ0) is 16.1. The number of anilines is 1. The van der Waals surface area contributed by atoms with Gasteiger partial charge in [0, 0.05) is 12.3 Å². The Bertz CT molecular complexity index is 751. The average molecular weight is 296 g/mol. The summed E-state index contributed by atoms with van der Waals surface area (Å²) in [5.41, 5.74) is 3.22. The minimum Gasteiger partial charge on any atom is -0.476 e. The fourth-order valence-electron chi connectivity index (χ4n) is 1.89. The SMILES string of the molecule is Cc1ccc(/C=C/C(=O)Nc2cccnc2C(=O)O)cc1C. The Morgan fingerprint density at radius 2 is 1.95 bits per heavy atom. The minimum absolute atomic E-state index is 0.171. The zero-order valence-electron chi connectivity index (χ0n) is 12.3. The summed E-state index contributed by atoms with van der Waals surface area (Å²) >= 11 is 0. The Hall–Kier alpha value is -2.95. The van der Waals surface area contributed by atoms with Gasteiger partial charge in [-0.15, -0.1) is 0 Å². The summed E-state index contributed by atoms with van der Waals surface area (Å²) in [6, 6.07) is 8.94. The minimum atomic E-state index is -1.19. The van der Waals surface area contributed by atoms with Gasteiger partial charge in [-0.1, -0.05) is 18.2 Å². The molecule has 112 valence electrons. The van der Waals surface area contributed by atoms with Crippen molar-refractivity contribution in [3.8, 4) is 0 Å². The molecule has 0 unspecified atom stereocenters. The van der Waals surface area contributed by atoms with Gasteiger partial charge in [0.05, 0.1) is 5.69 Å². The highest BCUT2D eigenvalue weighted by Crippen LogP contribution is 2.13. The molecule has 2 aromatic rings. The predicted molar refractivity (Wildman–Crippen MR) is 84.8 cm³/mol. The third kappa shape index (κ3) is 3.79. The van der Waals surface area contributed by atoms with Crippen molar-refractivity contribution in [3.63, 3.8) is 0 Å². The van der Waals surface area contributed by atoms with Crippen molar-refractivity contribution >= 4 is 23.6 Å². The number of hydrogen-bond acceptors (Lipinski definition) is 3. The number of carbonyl (C=O) groups is 2. The van der Waals surface area contributed by atoms with Gasteiger partial charge in [-0.2, -0.15) is 0 Å². The predicted octanol–water partition coefficient (Wildman–Crippen LogP) is 3.05. The van der Waals surface area contributed by atoms with Gasteiger partial charge in [-0.25, -0.2) is 9.78 Å². The van der Waals surface area contributed by atoms with Gasteiger partial charge in [-0.3, -0.25) is 4.79 Å².